The average molecular weight is 461 g/mol. The summed E-state index contributed by atoms with van der Waals surface area (Å²) >= 11 is 0. The number of hydrogen-bond acceptors (Lipinski definition) is 5. The van der Waals surface area contributed by atoms with Crippen molar-refractivity contribution < 1.29 is 14.3 Å². The van der Waals surface area contributed by atoms with Crippen LogP contribution in [0.4, 0.5) is 0 Å². The van der Waals surface area contributed by atoms with Crippen molar-refractivity contribution in [2.24, 2.45) is 0 Å². The molecule has 34 heavy (non-hydrogen) atoms. The number of nitrogens with zero attached hydrogens (tertiary/aromatic N) is 4. The minimum Gasteiger partial charge on any atom is -0.454 e. The quantitative estimate of drug-likeness (QED) is 0.528. The fourth-order valence-electron chi connectivity index (χ4n) is 4.56. The predicted octanol–water partition coefficient (Wildman–Crippen LogP) is 3.26. The van der Waals surface area contributed by atoms with E-state index in [1.807, 2.05) is 60.4 Å². The van der Waals surface area contributed by atoms with Gasteiger partial charge in [0.05, 0.1) is 6.54 Å². The third-order valence-electron chi connectivity index (χ3n) is 6.43. The van der Waals surface area contributed by atoms with E-state index < -0.39 is 0 Å². The van der Waals surface area contributed by atoms with Gasteiger partial charge in [-0.1, -0.05) is 36.4 Å². The van der Waals surface area contributed by atoms with Gasteiger partial charge < -0.3 is 14.4 Å². The van der Waals surface area contributed by atoms with Crippen LogP contribution in [-0.4, -0.2) is 45.0 Å². The van der Waals surface area contributed by atoms with Crippen molar-refractivity contribution in [3.05, 3.63) is 82.0 Å². The van der Waals surface area contributed by atoms with Crippen molar-refractivity contribution in [3.63, 3.8) is 0 Å². The zero-order valence-corrected chi connectivity index (χ0v) is 19.2. The summed E-state index contributed by atoms with van der Waals surface area (Å²) in [6.45, 7) is 4.52. The van der Waals surface area contributed by atoms with Crippen LogP contribution in [0, 0.1) is 0 Å². The molecule has 2 aliphatic rings. The molecule has 1 aromatic heterocycles. The molecule has 1 amide bonds. The van der Waals surface area contributed by atoms with Crippen molar-refractivity contribution >= 4 is 12.0 Å². The molecular weight excluding hydrogens is 432 g/mol. The Bertz CT molecular complexity index is 1250. The van der Waals surface area contributed by atoms with Gasteiger partial charge in [-0.05, 0) is 49.1 Å². The van der Waals surface area contributed by atoms with Crippen LogP contribution in [0.1, 0.15) is 42.6 Å². The summed E-state index contributed by atoms with van der Waals surface area (Å²) in [5.74, 6) is 2.39. The number of likely N-dealkylation sites (tertiary alicyclic amines) is 1. The van der Waals surface area contributed by atoms with Gasteiger partial charge in [-0.3, -0.25) is 9.36 Å². The molecule has 8 nitrogen and oxygen atoms in total. The molecular formula is C26H28N4O4. The number of aromatic nitrogens is 3. The second-order valence-corrected chi connectivity index (χ2v) is 8.57. The number of hydrogen-bond donors (Lipinski definition) is 0. The first-order valence-electron chi connectivity index (χ1n) is 11.7. The summed E-state index contributed by atoms with van der Waals surface area (Å²) in [4.78, 5) is 27.5. The Morgan fingerprint density at radius 1 is 1.09 bits per heavy atom. The maximum absolute atomic E-state index is 12.9. The number of piperidine rings is 1. The van der Waals surface area contributed by atoms with Crippen molar-refractivity contribution in [1.29, 1.82) is 0 Å². The lowest BCUT2D eigenvalue weighted by molar-refractivity contribution is -0.127. The summed E-state index contributed by atoms with van der Waals surface area (Å²) in [5, 5.41) is 4.70. The van der Waals surface area contributed by atoms with Gasteiger partial charge in [-0.25, -0.2) is 9.48 Å². The van der Waals surface area contributed by atoms with Gasteiger partial charge in [0.25, 0.3) is 0 Å². The van der Waals surface area contributed by atoms with E-state index in [4.69, 9.17) is 14.6 Å². The highest BCUT2D eigenvalue weighted by Gasteiger charge is 2.27. The molecule has 1 fully saturated rings. The van der Waals surface area contributed by atoms with Gasteiger partial charge in [0, 0.05) is 31.6 Å². The highest BCUT2D eigenvalue weighted by Crippen LogP contribution is 2.33. The molecule has 0 bridgehead atoms. The topological polar surface area (TPSA) is 78.6 Å². The number of rotatable bonds is 6. The summed E-state index contributed by atoms with van der Waals surface area (Å²) in [7, 11) is 0. The van der Waals surface area contributed by atoms with Crippen LogP contribution in [-0.2, 0) is 17.9 Å². The molecule has 8 heteroatoms. The maximum Gasteiger partial charge on any atom is 0.346 e. The summed E-state index contributed by atoms with van der Waals surface area (Å²) < 4.78 is 14.0. The SMILES string of the molecule is CCn1c(C2CCN(C(=O)/C=C/c3ccc4c(c3)OCO4)CC2)nn(Cc2ccccc2)c1=O. The normalized spacial score (nSPS) is 15.9. The van der Waals surface area contributed by atoms with Gasteiger partial charge in [-0.15, -0.1) is 0 Å². The second kappa shape index (κ2) is 9.59. The highest BCUT2D eigenvalue weighted by molar-refractivity contribution is 5.92. The molecule has 3 heterocycles. The minimum atomic E-state index is -0.0773. The fourth-order valence-corrected chi connectivity index (χ4v) is 4.56. The van der Waals surface area contributed by atoms with Gasteiger partial charge in [-0.2, -0.15) is 5.10 Å². The van der Waals surface area contributed by atoms with Crippen LogP contribution in [0.3, 0.4) is 0 Å². The number of amides is 1. The lowest BCUT2D eigenvalue weighted by atomic mass is 9.95. The molecule has 0 atom stereocenters. The van der Waals surface area contributed by atoms with E-state index in [1.165, 1.54) is 0 Å². The fraction of sp³-hybridized carbons (Fsp3) is 0.346. The van der Waals surface area contributed by atoms with E-state index in [-0.39, 0.29) is 24.3 Å². The lowest BCUT2D eigenvalue weighted by Crippen LogP contribution is -2.37. The molecule has 3 aromatic rings. The van der Waals surface area contributed by atoms with Crippen LogP contribution in [0.5, 0.6) is 11.5 Å². The smallest absolute Gasteiger partial charge is 0.346 e. The predicted molar refractivity (Wildman–Crippen MR) is 128 cm³/mol. The molecule has 0 N–H and O–H groups in total. The zero-order chi connectivity index (χ0) is 23.5. The van der Waals surface area contributed by atoms with Crippen LogP contribution in [0.25, 0.3) is 6.08 Å². The molecule has 0 unspecified atom stereocenters. The minimum absolute atomic E-state index is 0.0152. The molecule has 176 valence electrons. The molecule has 0 aliphatic carbocycles. The van der Waals surface area contributed by atoms with Crippen LogP contribution >= 0.6 is 0 Å². The summed E-state index contributed by atoms with van der Waals surface area (Å²) in [6.07, 6.45) is 4.97. The molecule has 2 aromatic carbocycles. The van der Waals surface area contributed by atoms with E-state index in [9.17, 15) is 9.59 Å². The molecule has 0 saturated carbocycles. The van der Waals surface area contributed by atoms with Crippen molar-refractivity contribution in [3.8, 4) is 11.5 Å². The number of carbonyl (C=O) groups is 1. The standard InChI is InChI=1S/C26H28N4O4/c1-2-29-25(27-30(26(29)32)17-20-6-4-3-5-7-20)21-12-14-28(15-13-21)24(31)11-9-19-8-10-22-23(16-19)34-18-33-22/h3-11,16,21H,2,12-15,17-18H2,1H3/b11-9+. The maximum atomic E-state index is 12.9. The Kier molecular flexibility index (Phi) is 6.20. The third kappa shape index (κ3) is 4.48. The Balaban J connectivity index is 1.23. The average Bonchev–Trinajstić information content (AvgIpc) is 3.47. The number of fused-ring (bicyclic) bond motifs is 1. The Labute approximate surface area is 198 Å². The van der Waals surface area contributed by atoms with E-state index in [1.54, 1.807) is 21.4 Å². The number of benzene rings is 2. The van der Waals surface area contributed by atoms with Crippen LogP contribution < -0.4 is 15.2 Å². The van der Waals surface area contributed by atoms with Crippen LogP contribution in [0.15, 0.2) is 59.4 Å². The van der Waals surface area contributed by atoms with E-state index in [0.717, 1.165) is 35.5 Å². The van der Waals surface area contributed by atoms with Crippen molar-refractivity contribution in [2.75, 3.05) is 19.9 Å². The lowest BCUT2D eigenvalue weighted by Gasteiger charge is -2.30. The van der Waals surface area contributed by atoms with E-state index in [2.05, 4.69) is 0 Å². The summed E-state index contributed by atoms with van der Waals surface area (Å²) in [5.41, 5.74) is 1.86. The van der Waals surface area contributed by atoms with Crippen LogP contribution in [0.2, 0.25) is 0 Å². The number of carbonyl (C=O) groups excluding carboxylic acids is 1. The Morgan fingerprint density at radius 2 is 1.85 bits per heavy atom. The van der Waals surface area contributed by atoms with E-state index >= 15 is 0 Å². The first-order chi connectivity index (χ1) is 16.6. The largest absolute Gasteiger partial charge is 0.454 e. The molecule has 5 rings (SSSR count). The van der Waals surface area contributed by atoms with Gasteiger partial charge >= 0.3 is 5.69 Å². The third-order valence-corrected chi connectivity index (χ3v) is 6.43. The van der Waals surface area contributed by atoms with Crippen molar-refractivity contribution in [2.45, 2.75) is 38.8 Å². The Hall–Kier alpha value is -3.81. The molecule has 0 spiro atoms. The first kappa shape index (κ1) is 22.0. The number of ether oxygens (including phenoxy) is 2. The molecule has 0 radical (unpaired) electrons. The highest BCUT2D eigenvalue weighted by atomic mass is 16.7. The Morgan fingerprint density at radius 3 is 2.62 bits per heavy atom. The molecule has 2 aliphatic heterocycles. The van der Waals surface area contributed by atoms with Gasteiger partial charge in [0.1, 0.15) is 5.82 Å². The second-order valence-electron chi connectivity index (χ2n) is 8.57. The zero-order valence-electron chi connectivity index (χ0n) is 19.2. The summed E-state index contributed by atoms with van der Waals surface area (Å²) in [6, 6.07) is 15.5. The molecule has 1 saturated heterocycles. The van der Waals surface area contributed by atoms with Crippen molar-refractivity contribution in [1.82, 2.24) is 19.2 Å². The van der Waals surface area contributed by atoms with Gasteiger partial charge in [0.2, 0.25) is 12.7 Å². The van der Waals surface area contributed by atoms with Gasteiger partial charge in [0.15, 0.2) is 11.5 Å². The van der Waals surface area contributed by atoms with E-state index in [0.29, 0.717) is 31.9 Å². The monoisotopic (exact) mass is 460 g/mol. The first-order valence-corrected chi connectivity index (χ1v) is 11.7.